The van der Waals surface area contributed by atoms with Crippen LogP contribution in [0.2, 0.25) is 0 Å². The summed E-state index contributed by atoms with van der Waals surface area (Å²) in [5.74, 6) is -0.956. The quantitative estimate of drug-likeness (QED) is 0.829. The largest absolute Gasteiger partial charge is 0.480 e. The molecule has 0 bridgehead atoms. The minimum atomic E-state index is -0.804. The SMILES string of the molecule is CN1C[C@@H](c2cccc(F)c2)C[C@H]1C(=O)O. The molecule has 1 N–H and O–H groups in total. The second kappa shape index (κ2) is 4.22. The highest BCUT2D eigenvalue weighted by molar-refractivity contribution is 5.74. The van der Waals surface area contributed by atoms with E-state index in [0.29, 0.717) is 13.0 Å². The highest BCUT2D eigenvalue weighted by Crippen LogP contribution is 2.30. The Balaban J connectivity index is 2.16. The third-order valence-electron chi connectivity index (χ3n) is 3.15. The molecule has 3 nitrogen and oxygen atoms in total. The topological polar surface area (TPSA) is 40.5 Å². The van der Waals surface area contributed by atoms with Crippen LogP contribution in [-0.2, 0) is 4.79 Å². The van der Waals surface area contributed by atoms with Gasteiger partial charge in [0.05, 0.1) is 0 Å². The molecule has 4 heteroatoms. The number of carboxylic acids is 1. The van der Waals surface area contributed by atoms with Crippen molar-refractivity contribution in [2.24, 2.45) is 0 Å². The maximum atomic E-state index is 13.0. The summed E-state index contributed by atoms with van der Waals surface area (Å²) in [5.41, 5.74) is 0.885. The second-order valence-corrected chi connectivity index (χ2v) is 4.28. The van der Waals surface area contributed by atoms with Crippen LogP contribution < -0.4 is 0 Å². The summed E-state index contributed by atoms with van der Waals surface area (Å²) in [4.78, 5) is 12.7. The first-order valence-electron chi connectivity index (χ1n) is 5.26. The second-order valence-electron chi connectivity index (χ2n) is 4.28. The van der Waals surface area contributed by atoms with Gasteiger partial charge in [-0.15, -0.1) is 0 Å². The van der Waals surface area contributed by atoms with E-state index in [9.17, 15) is 9.18 Å². The van der Waals surface area contributed by atoms with Gasteiger partial charge in [0.1, 0.15) is 11.9 Å². The van der Waals surface area contributed by atoms with Gasteiger partial charge in [-0.2, -0.15) is 0 Å². The molecule has 0 unspecified atom stereocenters. The van der Waals surface area contributed by atoms with Gasteiger partial charge in [0.25, 0.3) is 0 Å². The van der Waals surface area contributed by atoms with E-state index >= 15 is 0 Å². The zero-order valence-electron chi connectivity index (χ0n) is 9.06. The standard InChI is InChI=1S/C12H14FNO2/c1-14-7-9(6-11(14)12(15)16)8-3-2-4-10(13)5-8/h2-5,9,11H,6-7H2,1H3,(H,15,16)/t9-,11-/m0/s1. The molecule has 1 aliphatic rings. The average Bonchev–Trinajstić information content (AvgIpc) is 2.60. The molecule has 0 spiro atoms. The Morgan fingerprint density at radius 2 is 2.31 bits per heavy atom. The molecule has 1 heterocycles. The number of rotatable bonds is 2. The first kappa shape index (κ1) is 11.1. The Labute approximate surface area is 93.5 Å². The summed E-state index contributed by atoms with van der Waals surface area (Å²) < 4.78 is 13.0. The van der Waals surface area contributed by atoms with Crippen LogP contribution in [0.3, 0.4) is 0 Å². The van der Waals surface area contributed by atoms with Crippen LogP contribution >= 0.6 is 0 Å². The highest BCUT2D eigenvalue weighted by atomic mass is 19.1. The van der Waals surface area contributed by atoms with Crippen molar-refractivity contribution in [1.29, 1.82) is 0 Å². The number of aliphatic carboxylic acids is 1. The molecule has 16 heavy (non-hydrogen) atoms. The van der Waals surface area contributed by atoms with Crippen LogP contribution in [0, 0.1) is 5.82 Å². The van der Waals surface area contributed by atoms with Crippen molar-refractivity contribution in [2.75, 3.05) is 13.6 Å². The molecule has 0 aromatic heterocycles. The molecule has 1 saturated heterocycles. The first-order chi connectivity index (χ1) is 7.58. The smallest absolute Gasteiger partial charge is 0.320 e. The Morgan fingerprint density at radius 3 is 2.88 bits per heavy atom. The van der Waals surface area contributed by atoms with Gasteiger partial charge >= 0.3 is 5.97 Å². The number of likely N-dealkylation sites (tertiary alicyclic amines) is 1. The molecule has 0 saturated carbocycles. The molecule has 86 valence electrons. The summed E-state index contributed by atoms with van der Waals surface area (Å²) >= 11 is 0. The Kier molecular flexibility index (Phi) is 2.92. The molecule has 1 fully saturated rings. The maximum absolute atomic E-state index is 13.0. The minimum Gasteiger partial charge on any atom is -0.480 e. The lowest BCUT2D eigenvalue weighted by molar-refractivity contribution is -0.141. The van der Waals surface area contributed by atoms with Crippen LogP contribution in [0.15, 0.2) is 24.3 Å². The number of nitrogens with zero attached hydrogens (tertiary/aromatic N) is 1. The lowest BCUT2D eigenvalue weighted by atomic mass is 9.96. The molecule has 1 aromatic carbocycles. The van der Waals surface area contributed by atoms with E-state index in [1.165, 1.54) is 12.1 Å². The molecule has 1 aliphatic heterocycles. The van der Waals surface area contributed by atoms with E-state index in [0.717, 1.165) is 5.56 Å². The van der Waals surface area contributed by atoms with Gasteiger partial charge in [-0.25, -0.2) is 4.39 Å². The Morgan fingerprint density at radius 1 is 1.56 bits per heavy atom. The summed E-state index contributed by atoms with van der Waals surface area (Å²) in [6.07, 6.45) is 0.551. The number of benzene rings is 1. The zero-order chi connectivity index (χ0) is 11.7. The number of hydrogen-bond donors (Lipinski definition) is 1. The highest BCUT2D eigenvalue weighted by Gasteiger charge is 2.34. The van der Waals surface area contributed by atoms with Crippen molar-refractivity contribution in [3.63, 3.8) is 0 Å². The summed E-state index contributed by atoms with van der Waals surface area (Å²) in [6.45, 7) is 0.667. The molecule has 0 amide bonds. The molecular weight excluding hydrogens is 209 g/mol. The van der Waals surface area contributed by atoms with Crippen LogP contribution in [0.4, 0.5) is 4.39 Å². The van der Waals surface area contributed by atoms with Crippen molar-refractivity contribution in [3.8, 4) is 0 Å². The van der Waals surface area contributed by atoms with Gasteiger partial charge in [0.2, 0.25) is 0 Å². The number of hydrogen-bond acceptors (Lipinski definition) is 2. The van der Waals surface area contributed by atoms with E-state index in [4.69, 9.17) is 5.11 Å². The lowest BCUT2D eigenvalue weighted by Crippen LogP contribution is -2.32. The Hall–Kier alpha value is -1.42. The number of halogens is 1. The van der Waals surface area contributed by atoms with E-state index < -0.39 is 12.0 Å². The molecule has 0 aliphatic carbocycles. The average molecular weight is 223 g/mol. The zero-order valence-corrected chi connectivity index (χ0v) is 9.06. The van der Waals surface area contributed by atoms with Crippen molar-refractivity contribution in [2.45, 2.75) is 18.4 Å². The monoisotopic (exact) mass is 223 g/mol. The summed E-state index contributed by atoms with van der Waals surface area (Å²) in [7, 11) is 1.79. The van der Waals surface area contributed by atoms with Gasteiger partial charge in [0, 0.05) is 6.54 Å². The van der Waals surface area contributed by atoms with Crippen molar-refractivity contribution in [3.05, 3.63) is 35.6 Å². The predicted molar refractivity (Wildman–Crippen MR) is 57.8 cm³/mol. The van der Waals surface area contributed by atoms with E-state index in [2.05, 4.69) is 0 Å². The normalized spacial score (nSPS) is 25.9. The molecule has 2 rings (SSSR count). The van der Waals surface area contributed by atoms with Gasteiger partial charge in [-0.05, 0) is 37.1 Å². The van der Waals surface area contributed by atoms with Gasteiger partial charge in [-0.1, -0.05) is 12.1 Å². The van der Waals surface area contributed by atoms with E-state index in [1.807, 2.05) is 6.07 Å². The van der Waals surface area contributed by atoms with Crippen molar-refractivity contribution in [1.82, 2.24) is 4.90 Å². The van der Waals surface area contributed by atoms with Gasteiger partial charge in [-0.3, -0.25) is 9.69 Å². The van der Waals surface area contributed by atoms with Crippen LogP contribution in [0.5, 0.6) is 0 Å². The maximum Gasteiger partial charge on any atom is 0.320 e. The van der Waals surface area contributed by atoms with Gasteiger partial charge in [0.15, 0.2) is 0 Å². The third-order valence-corrected chi connectivity index (χ3v) is 3.15. The fraction of sp³-hybridized carbons (Fsp3) is 0.417. The predicted octanol–water partition coefficient (Wildman–Crippen LogP) is 1.70. The molecule has 0 radical (unpaired) electrons. The van der Waals surface area contributed by atoms with Crippen LogP contribution in [0.25, 0.3) is 0 Å². The van der Waals surface area contributed by atoms with Crippen LogP contribution in [0.1, 0.15) is 17.9 Å². The third kappa shape index (κ3) is 2.07. The van der Waals surface area contributed by atoms with Crippen molar-refractivity contribution < 1.29 is 14.3 Å². The Bertz CT molecular complexity index is 408. The fourth-order valence-corrected chi connectivity index (χ4v) is 2.29. The van der Waals surface area contributed by atoms with E-state index in [1.54, 1.807) is 18.0 Å². The number of carboxylic acid groups (broad SMARTS) is 1. The molecular formula is C12H14FNO2. The fourth-order valence-electron chi connectivity index (χ4n) is 2.29. The van der Waals surface area contributed by atoms with E-state index in [-0.39, 0.29) is 11.7 Å². The molecule has 2 atom stereocenters. The van der Waals surface area contributed by atoms with Gasteiger partial charge < -0.3 is 5.11 Å². The number of likely N-dealkylation sites (N-methyl/N-ethyl adjacent to an activating group) is 1. The van der Waals surface area contributed by atoms with Crippen molar-refractivity contribution >= 4 is 5.97 Å². The lowest BCUT2D eigenvalue weighted by Gasteiger charge is -2.13. The summed E-state index contributed by atoms with van der Waals surface area (Å²) in [6, 6.07) is 5.96. The van der Waals surface area contributed by atoms with Crippen LogP contribution in [-0.4, -0.2) is 35.6 Å². The minimum absolute atomic E-state index is 0.113. The first-order valence-corrected chi connectivity index (χ1v) is 5.26. The molecule has 1 aromatic rings. The summed E-state index contributed by atoms with van der Waals surface area (Å²) in [5, 5.41) is 8.99. The number of carbonyl (C=O) groups is 1.